The van der Waals surface area contributed by atoms with Crippen LogP contribution in [0.15, 0.2) is 137 Å². The number of para-hydroxylation sites is 1. The molecule has 0 amide bonds. The number of nitrogens with zero attached hydrogens (tertiary/aromatic N) is 3. The summed E-state index contributed by atoms with van der Waals surface area (Å²) < 4.78 is 4.88. The van der Waals surface area contributed by atoms with Crippen molar-refractivity contribution in [1.82, 2.24) is 4.57 Å². The number of rotatable bonds is 4. The van der Waals surface area contributed by atoms with Crippen LogP contribution in [0.1, 0.15) is 16.7 Å². The summed E-state index contributed by atoms with van der Waals surface area (Å²) in [6.07, 6.45) is 0. The zero-order chi connectivity index (χ0) is 35.7. The van der Waals surface area contributed by atoms with Gasteiger partial charge in [0.2, 0.25) is 0 Å². The second-order valence-corrected chi connectivity index (χ2v) is 13.6. The quantitative estimate of drug-likeness (QED) is 0.0578. The number of phenolic OH excluding ortho intramolecular Hbond substituents is 3. The lowest BCUT2D eigenvalue weighted by Crippen LogP contribution is -2.25. The Bertz CT molecular complexity index is 2940. The van der Waals surface area contributed by atoms with Gasteiger partial charge in [0.05, 0.1) is 16.7 Å². The summed E-state index contributed by atoms with van der Waals surface area (Å²) in [5, 5.41) is 39.5. The van der Waals surface area contributed by atoms with Gasteiger partial charge in [0, 0.05) is 71.1 Å². The first kappa shape index (κ1) is 31.7. The van der Waals surface area contributed by atoms with Crippen molar-refractivity contribution in [1.29, 1.82) is 0 Å². The first-order valence-electron chi connectivity index (χ1n) is 16.7. The van der Waals surface area contributed by atoms with Crippen molar-refractivity contribution in [2.24, 2.45) is 9.98 Å². The lowest BCUT2D eigenvalue weighted by atomic mass is 9.78. The molecular weight excluding hydrogens is 660 g/mol. The minimum atomic E-state index is -0.684. The standard InChI is InChI=1S/C43H27B2N3O3S/c1-46-43(47-37(23-11-3-2-4-12-23)34-35(44)40(50)36(45)41(51)39(34)49)24-19-21-25(22-20-24)48-30-17-9-7-15-28(30)32-33-29-16-8-10-18-31(29)52-42(33)27-14-6-5-13-26(27)38(32)48/h2-22,49-51H,1H3. The largest absolute Gasteiger partial charge is 0.509 e. The van der Waals surface area contributed by atoms with E-state index in [1.54, 1.807) is 19.2 Å². The fraction of sp³-hybridized carbons (Fsp3) is 0.0233. The van der Waals surface area contributed by atoms with Gasteiger partial charge in [-0.25, -0.2) is 4.99 Å². The molecule has 3 N–H and O–H groups in total. The molecule has 9 heteroatoms. The van der Waals surface area contributed by atoms with Gasteiger partial charge in [-0.2, -0.15) is 0 Å². The number of hydrogen-bond acceptors (Lipinski definition) is 5. The molecule has 7 aromatic carbocycles. The van der Waals surface area contributed by atoms with Crippen LogP contribution in [-0.2, 0) is 0 Å². The molecule has 0 saturated heterocycles. The number of benzene rings is 7. The molecule has 0 saturated carbocycles. The summed E-state index contributed by atoms with van der Waals surface area (Å²) in [4.78, 5) is 9.40. The van der Waals surface area contributed by atoms with Gasteiger partial charge in [0.25, 0.3) is 0 Å². The molecule has 0 atom stereocenters. The zero-order valence-electron chi connectivity index (χ0n) is 27.9. The number of aliphatic imine (C=N–C) groups is 2. The Hall–Kier alpha value is -6.31. The number of aromatic nitrogens is 1. The smallest absolute Gasteiger partial charge is 0.166 e. The molecule has 0 spiro atoms. The van der Waals surface area contributed by atoms with Crippen molar-refractivity contribution in [3.05, 3.63) is 144 Å². The van der Waals surface area contributed by atoms with Crippen LogP contribution < -0.4 is 10.9 Å². The maximum absolute atomic E-state index is 11.0. The van der Waals surface area contributed by atoms with E-state index in [-0.39, 0.29) is 16.7 Å². The monoisotopic (exact) mass is 687 g/mol. The van der Waals surface area contributed by atoms with Gasteiger partial charge in [-0.3, -0.25) is 4.99 Å². The Kier molecular flexibility index (Phi) is 7.41. The van der Waals surface area contributed by atoms with E-state index >= 15 is 0 Å². The van der Waals surface area contributed by atoms with Gasteiger partial charge in [-0.15, -0.1) is 11.3 Å². The Morgan fingerprint density at radius 2 is 1.23 bits per heavy atom. The number of hydrogen-bond donors (Lipinski definition) is 3. The van der Waals surface area contributed by atoms with Gasteiger partial charge < -0.3 is 19.9 Å². The van der Waals surface area contributed by atoms with Crippen molar-refractivity contribution in [3.63, 3.8) is 0 Å². The van der Waals surface area contributed by atoms with Gasteiger partial charge >= 0.3 is 0 Å². The molecule has 9 aromatic rings. The highest BCUT2D eigenvalue weighted by atomic mass is 32.1. The van der Waals surface area contributed by atoms with Crippen LogP contribution in [0.2, 0.25) is 0 Å². The number of fused-ring (bicyclic) bond motifs is 10. The SMILES string of the molecule is [B]c1c(O)c([B])c(C(=NC(=NC)c2ccc(-n3c4ccccc4c4c5c6ccccc6sc5c5ccccc5c43)cc2)c2ccccc2)c(O)c1O. The molecule has 4 radical (unpaired) electrons. The van der Waals surface area contributed by atoms with E-state index in [2.05, 4.69) is 94.5 Å². The first-order chi connectivity index (χ1) is 25.4. The highest BCUT2D eigenvalue weighted by Crippen LogP contribution is 2.47. The van der Waals surface area contributed by atoms with E-state index < -0.39 is 22.7 Å². The second-order valence-electron chi connectivity index (χ2n) is 12.6. The van der Waals surface area contributed by atoms with Crippen LogP contribution in [0.3, 0.4) is 0 Å². The van der Waals surface area contributed by atoms with Crippen LogP contribution in [-0.4, -0.2) is 54.2 Å². The lowest BCUT2D eigenvalue weighted by Gasteiger charge is -2.18. The van der Waals surface area contributed by atoms with Crippen LogP contribution in [0.5, 0.6) is 17.2 Å². The molecule has 244 valence electrons. The summed E-state index contributed by atoms with van der Waals surface area (Å²) in [7, 11) is 13.7. The maximum atomic E-state index is 11.0. The third kappa shape index (κ3) is 4.66. The molecule has 2 heterocycles. The molecule has 0 unspecified atom stereocenters. The summed E-state index contributed by atoms with van der Waals surface area (Å²) in [6.45, 7) is 0. The van der Waals surface area contributed by atoms with Crippen LogP contribution >= 0.6 is 11.3 Å². The third-order valence-electron chi connectivity index (χ3n) is 9.74. The van der Waals surface area contributed by atoms with Crippen molar-refractivity contribution >= 4 is 102 Å². The van der Waals surface area contributed by atoms with E-state index in [0.29, 0.717) is 17.0 Å². The van der Waals surface area contributed by atoms with Crippen molar-refractivity contribution < 1.29 is 15.3 Å². The van der Waals surface area contributed by atoms with Gasteiger partial charge in [0.15, 0.2) is 17.3 Å². The molecular formula is C43H27B2N3O3S. The highest BCUT2D eigenvalue weighted by molar-refractivity contribution is 7.27. The number of aromatic hydroxyl groups is 3. The van der Waals surface area contributed by atoms with Crippen LogP contribution in [0, 0.1) is 0 Å². The highest BCUT2D eigenvalue weighted by Gasteiger charge is 2.24. The number of thiophene rings is 1. The van der Waals surface area contributed by atoms with Gasteiger partial charge in [0.1, 0.15) is 21.4 Å². The summed E-state index contributed by atoms with van der Waals surface area (Å²) in [5.74, 6) is -1.47. The maximum Gasteiger partial charge on any atom is 0.166 e. The van der Waals surface area contributed by atoms with Crippen LogP contribution in [0.4, 0.5) is 0 Å². The van der Waals surface area contributed by atoms with E-state index in [4.69, 9.17) is 20.7 Å². The topological polar surface area (TPSA) is 90.3 Å². The van der Waals surface area contributed by atoms with E-state index in [1.807, 2.05) is 41.7 Å². The number of amidine groups is 1. The lowest BCUT2D eigenvalue weighted by molar-refractivity contribution is 0.401. The zero-order valence-corrected chi connectivity index (χ0v) is 28.7. The predicted molar refractivity (Wildman–Crippen MR) is 218 cm³/mol. The van der Waals surface area contributed by atoms with Crippen molar-refractivity contribution in [2.75, 3.05) is 7.05 Å². The van der Waals surface area contributed by atoms with Crippen molar-refractivity contribution in [3.8, 4) is 22.9 Å². The molecule has 9 rings (SSSR count). The second kappa shape index (κ2) is 12.2. The molecule has 6 nitrogen and oxygen atoms in total. The fourth-order valence-corrected chi connectivity index (χ4v) is 8.59. The van der Waals surface area contributed by atoms with Gasteiger partial charge in [-0.05, 0) is 47.3 Å². The van der Waals surface area contributed by atoms with E-state index in [0.717, 1.165) is 16.7 Å². The molecule has 0 bridgehead atoms. The Morgan fingerprint density at radius 1 is 0.596 bits per heavy atom. The Morgan fingerprint density at radius 3 is 1.96 bits per heavy atom. The van der Waals surface area contributed by atoms with E-state index in [9.17, 15) is 15.3 Å². The van der Waals surface area contributed by atoms with Crippen LogP contribution in [0.25, 0.3) is 58.4 Å². The summed E-state index contributed by atoms with van der Waals surface area (Å²) in [6, 6.07) is 42.9. The fourth-order valence-electron chi connectivity index (χ4n) is 7.35. The molecule has 0 aliphatic carbocycles. The molecule has 52 heavy (non-hydrogen) atoms. The molecule has 2 aromatic heterocycles. The molecule has 0 aliphatic rings. The predicted octanol–water partition coefficient (Wildman–Crippen LogP) is 7.92. The Labute approximate surface area is 305 Å². The third-order valence-corrected chi connectivity index (χ3v) is 10.9. The van der Waals surface area contributed by atoms with E-state index in [1.165, 1.54) is 41.7 Å². The molecule has 0 aliphatic heterocycles. The van der Waals surface area contributed by atoms with Gasteiger partial charge in [-0.1, -0.05) is 91.0 Å². The normalized spacial score (nSPS) is 12.6. The molecule has 0 fully saturated rings. The first-order valence-corrected chi connectivity index (χ1v) is 17.5. The minimum Gasteiger partial charge on any atom is -0.509 e. The average Bonchev–Trinajstić information content (AvgIpc) is 3.75. The summed E-state index contributed by atoms with van der Waals surface area (Å²) in [5.41, 5.74) is 4.00. The minimum absolute atomic E-state index is 0.0578. The number of phenols is 3. The average molecular weight is 687 g/mol. The summed E-state index contributed by atoms with van der Waals surface area (Å²) >= 11 is 1.84. The Balaban J connectivity index is 1.26. The van der Waals surface area contributed by atoms with Crippen molar-refractivity contribution in [2.45, 2.75) is 0 Å².